The number of hydrogen-bond donors (Lipinski definition) is 2. The summed E-state index contributed by atoms with van der Waals surface area (Å²) in [6.07, 6.45) is 5.89. The highest BCUT2D eigenvalue weighted by Crippen LogP contribution is 2.27. The van der Waals surface area contributed by atoms with E-state index in [0.29, 0.717) is 6.04 Å². The molecule has 3 atom stereocenters. The average molecular weight is 284 g/mol. The van der Waals surface area contributed by atoms with E-state index in [0.717, 1.165) is 18.9 Å². The molecule has 0 aromatic carbocycles. The monoisotopic (exact) mass is 284 g/mol. The average Bonchev–Trinajstić information content (AvgIpc) is 2.73. The normalized spacial score (nSPS) is 24.4. The minimum absolute atomic E-state index is 0.138. The second-order valence-electron chi connectivity index (χ2n) is 7.00. The molecule has 2 N–H and O–H groups in total. The van der Waals surface area contributed by atoms with Gasteiger partial charge in [-0.05, 0) is 59.4 Å². The molecule has 0 spiro atoms. The van der Waals surface area contributed by atoms with Crippen molar-refractivity contribution in [2.24, 2.45) is 5.92 Å². The number of rotatable bonds is 6. The number of nitrogens with one attached hydrogen (secondary N) is 2. The molecule has 1 aliphatic rings. The molecule has 20 heavy (non-hydrogen) atoms. The van der Waals surface area contributed by atoms with E-state index in [2.05, 4.69) is 17.6 Å². The molecule has 1 rings (SSSR count). The summed E-state index contributed by atoms with van der Waals surface area (Å²) in [6.45, 7) is 10.9. The van der Waals surface area contributed by atoms with Crippen LogP contribution in [-0.2, 0) is 4.74 Å². The molecule has 1 saturated carbocycles. The number of carbonyl (C=O) groups excluding carboxylic acids is 1. The van der Waals surface area contributed by atoms with Crippen LogP contribution >= 0.6 is 0 Å². The van der Waals surface area contributed by atoms with E-state index in [4.69, 9.17) is 4.74 Å². The van der Waals surface area contributed by atoms with Crippen molar-refractivity contribution >= 4 is 6.09 Å². The van der Waals surface area contributed by atoms with Crippen molar-refractivity contribution in [3.8, 4) is 0 Å². The number of hydrogen-bond acceptors (Lipinski definition) is 3. The van der Waals surface area contributed by atoms with Crippen molar-refractivity contribution in [1.29, 1.82) is 0 Å². The van der Waals surface area contributed by atoms with Crippen LogP contribution in [0.5, 0.6) is 0 Å². The zero-order valence-electron chi connectivity index (χ0n) is 13.8. The maximum Gasteiger partial charge on any atom is 0.407 e. The standard InChI is InChI=1S/C16H32N2O2/c1-6-13-8-7-9-14(13)17-11-10-12(2)18-15(19)20-16(3,4)5/h12-14,17H,6-11H2,1-5H3,(H,18,19). The fourth-order valence-corrected chi connectivity index (χ4v) is 2.86. The molecular weight excluding hydrogens is 252 g/mol. The van der Waals surface area contributed by atoms with Crippen molar-refractivity contribution < 1.29 is 9.53 Å². The van der Waals surface area contributed by atoms with Gasteiger partial charge in [0.25, 0.3) is 0 Å². The molecule has 4 nitrogen and oxygen atoms in total. The van der Waals surface area contributed by atoms with Gasteiger partial charge in [0.1, 0.15) is 5.60 Å². The predicted octanol–water partition coefficient (Wildman–Crippen LogP) is 3.46. The van der Waals surface area contributed by atoms with Gasteiger partial charge in [0.2, 0.25) is 0 Å². The van der Waals surface area contributed by atoms with Gasteiger partial charge in [0.15, 0.2) is 0 Å². The van der Waals surface area contributed by atoms with E-state index in [1.165, 1.54) is 25.7 Å². The quantitative estimate of drug-likeness (QED) is 0.785. The summed E-state index contributed by atoms with van der Waals surface area (Å²) in [6, 6.07) is 0.813. The summed E-state index contributed by atoms with van der Waals surface area (Å²) in [5.74, 6) is 0.837. The molecule has 0 heterocycles. The van der Waals surface area contributed by atoms with E-state index < -0.39 is 5.60 Å². The summed E-state index contributed by atoms with van der Waals surface area (Å²) < 4.78 is 5.25. The lowest BCUT2D eigenvalue weighted by molar-refractivity contribution is 0.0506. The largest absolute Gasteiger partial charge is 0.444 e. The van der Waals surface area contributed by atoms with Crippen LogP contribution in [-0.4, -0.2) is 30.3 Å². The Morgan fingerprint density at radius 2 is 2.05 bits per heavy atom. The smallest absolute Gasteiger partial charge is 0.407 e. The molecule has 1 amide bonds. The van der Waals surface area contributed by atoms with E-state index in [1.807, 2.05) is 27.7 Å². The molecule has 4 heteroatoms. The fraction of sp³-hybridized carbons (Fsp3) is 0.938. The van der Waals surface area contributed by atoms with Crippen molar-refractivity contribution in [1.82, 2.24) is 10.6 Å². The Hall–Kier alpha value is -0.770. The van der Waals surface area contributed by atoms with Gasteiger partial charge in [-0.25, -0.2) is 4.79 Å². The zero-order valence-corrected chi connectivity index (χ0v) is 13.8. The van der Waals surface area contributed by atoms with Crippen LogP contribution in [0.2, 0.25) is 0 Å². The molecule has 0 radical (unpaired) electrons. The highest BCUT2D eigenvalue weighted by Gasteiger charge is 2.25. The van der Waals surface area contributed by atoms with Gasteiger partial charge >= 0.3 is 6.09 Å². The number of alkyl carbamates (subject to hydrolysis) is 1. The number of carbonyl (C=O) groups is 1. The SMILES string of the molecule is CCC1CCCC1NCCC(C)NC(=O)OC(C)(C)C. The van der Waals surface area contributed by atoms with E-state index >= 15 is 0 Å². The first kappa shape index (κ1) is 17.3. The van der Waals surface area contributed by atoms with E-state index in [-0.39, 0.29) is 12.1 Å². The third kappa shape index (κ3) is 6.60. The van der Waals surface area contributed by atoms with Gasteiger partial charge in [0.05, 0.1) is 0 Å². The number of amides is 1. The summed E-state index contributed by atoms with van der Waals surface area (Å²) >= 11 is 0. The summed E-state index contributed by atoms with van der Waals surface area (Å²) in [5.41, 5.74) is -0.430. The second-order valence-corrected chi connectivity index (χ2v) is 7.00. The molecule has 0 bridgehead atoms. The van der Waals surface area contributed by atoms with Crippen molar-refractivity contribution in [3.05, 3.63) is 0 Å². The Bertz CT molecular complexity index is 299. The fourth-order valence-electron chi connectivity index (χ4n) is 2.86. The third-order valence-electron chi connectivity index (χ3n) is 3.93. The van der Waals surface area contributed by atoms with Crippen molar-refractivity contribution in [2.75, 3.05) is 6.54 Å². The molecule has 0 saturated heterocycles. The van der Waals surface area contributed by atoms with Crippen LogP contribution in [0.15, 0.2) is 0 Å². The highest BCUT2D eigenvalue weighted by atomic mass is 16.6. The Balaban J connectivity index is 2.17. The first-order chi connectivity index (χ1) is 9.31. The zero-order chi connectivity index (χ0) is 15.2. The molecule has 3 unspecified atom stereocenters. The van der Waals surface area contributed by atoms with Crippen molar-refractivity contribution in [3.63, 3.8) is 0 Å². The van der Waals surface area contributed by atoms with Crippen LogP contribution in [0.4, 0.5) is 4.79 Å². The minimum atomic E-state index is -0.430. The van der Waals surface area contributed by atoms with Crippen LogP contribution in [0, 0.1) is 5.92 Å². The molecule has 0 aliphatic heterocycles. The maximum absolute atomic E-state index is 11.6. The number of ether oxygens (including phenoxy) is 1. The van der Waals surface area contributed by atoms with E-state index in [9.17, 15) is 4.79 Å². The molecule has 1 fully saturated rings. The molecule has 0 aromatic rings. The second kappa shape index (κ2) is 7.87. The third-order valence-corrected chi connectivity index (χ3v) is 3.93. The summed E-state index contributed by atoms with van der Waals surface area (Å²) in [5, 5.41) is 6.53. The Kier molecular flexibility index (Phi) is 6.80. The molecule has 1 aliphatic carbocycles. The Morgan fingerprint density at radius 3 is 2.65 bits per heavy atom. The van der Waals surface area contributed by atoms with Gasteiger partial charge in [-0.2, -0.15) is 0 Å². The highest BCUT2D eigenvalue weighted by molar-refractivity contribution is 5.67. The van der Waals surface area contributed by atoms with Crippen LogP contribution < -0.4 is 10.6 Å². The Morgan fingerprint density at radius 1 is 1.35 bits per heavy atom. The topological polar surface area (TPSA) is 50.4 Å². The van der Waals surface area contributed by atoms with Gasteiger partial charge in [-0.3, -0.25) is 0 Å². The van der Waals surface area contributed by atoms with Gasteiger partial charge in [-0.1, -0.05) is 19.8 Å². The summed E-state index contributed by atoms with van der Waals surface area (Å²) in [4.78, 5) is 11.6. The van der Waals surface area contributed by atoms with Crippen molar-refractivity contribution in [2.45, 2.75) is 84.4 Å². The molecule has 118 valence electrons. The summed E-state index contributed by atoms with van der Waals surface area (Å²) in [7, 11) is 0. The molecule has 0 aromatic heterocycles. The lowest BCUT2D eigenvalue weighted by Gasteiger charge is -2.23. The lowest BCUT2D eigenvalue weighted by Crippen LogP contribution is -2.40. The van der Waals surface area contributed by atoms with Gasteiger partial charge in [-0.15, -0.1) is 0 Å². The molecular formula is C16H32N2O2. The van der Waals surface area contributed by atoms with Crippen LogP contribution in [0.3, 0.4) is 0 Å². The first-order valence-corrected chi connectivity index (χ1v) is 8.04. The van der Waals surface area contributed by atoms with Crippen LogP contribution in [0.25, 0.3) is 0 Å². The Labute approximate surface area is 124 Å². The minimum Gasteiger partial charge on any atom is -0.444 e. The van der Waals surface area contributed by atoms with Gasteiger partial charge < -0.3 is 15.4 Å². The van der Waals surface area contributed by atoms with E-state index in [1.54, 1.807) is 0 Å². The maximum atomic E-state index is 11.6. The van der Waals surface area contributed by atoms with Crippen LogP contribution in [0.1, 0.15) is 66.7 Å². The lowest BCUT2D eigenvalue weighted by atomic mass is 10.0. The van der Waals surface area contributed by atoms with Gasteiger partial charge in [0, 0.05) is 12.1 Å². The first-order valence-electron chi connectivity index (χ1n) is 8.04. The predicted molar refractivity (Wildman–Crippen MR) is 82.9 cm³/mol.